The summed E-state index contributed by atoms with van der Waals surface area (Å²) in [6.45, 7) is 0. The summed E-state index contributed by atoms with van der Waals surface area (Å²) in [5.74, 6) is 0. The topological polar surface area (TPSA) is 52.0 Å². The summed E-state index contributed by atoms with van der Waals surface area (Å²) in [5, 5.41) is 0. The number of benzene rings is 3. The van der Waals surface area contributed by atoms with Crippen LogP contribution >= 0.6 is 23.5 Å². The Morgan fingerprint density at radius 3 is 1.27 bits per heavy atom. The molecule has 0 aliphatic heterocycles. The van der Waals surface area contributed by atoms with Gasteiger partial charge in [-0.05, 0) is 54.6 Å². The molecule has 0 saturated carbocycles. The molecule has 0 unspecified atom stereocenters. The Morgan fingerprint density at radius 1 is 0.500 bits per heavy atom. The van der Waals surface area contributed by atoms with Crippen LogP contribution in [0.4, 0.5) is 11.4 Å². The minimum absolute atomic E-state index is 0.787. The fourth-order valence-electron chi connectivity index (χ4n) is 2.03. The second-order valence-corrected chi connectivity index (χ2v) is 7.12. The van der Waals surface area contributed by atoms with E-state index >= 15 is 0 Å². The zero-order chi connectivity index (χ0) is 15.4. The molecule has 0 fully saturated rings. The summed E-state index contributed by atoms with van der Waals surface area (Å²) >= 11 is 3.42. The van der Waals surface area contributed by atoms with E-state index in [4.69, 9.17) is 11.5 Å². The molecule has 110 valence electrons. The lowest BCUT2D eigenvalue weighted by Crippen LogP contribution is -1.84. The van der Waals surface area contributed by atoms with Crippen molar-refractivity contribution in [3.8, 4) is 0 Å². The molecule has 3 aromatic carbocycles. The van der Waals surface area contributed by atoms with Crippen molar-refractivity contribution in [3.63, 3.8) is 0 Å². The van der Waals surface area contributed by atoms with Crippen molar-refractivity contribution in [3.05, 3.63) is 72.8 Å². The average molecular weight is 324 g/mol. The van der Waals surface area contributed by atoms with E-state index in [0.717, 1.165) is 21.2 Å². The first kappa shape index (κ1) is 14.9. The second kappa shape index (κ2) is 6.81. The maximum atomic E-state index is 5.83. The SMILES string of the molecule is Nc1cccc(Sc2cccc(Sc3cccc(N)c3)c2)c1. The molecular formula is C18H16N2S2. The first-order chi connectivity index (χ1) is 10.7. The molecule has 0 atom stereocenters. The third kappa shape index (κ3) is 4.00. The maximum Gasteiger partial charge on any atom is 0.0325 e. The molecule has 0 spiro atoms. The van der Waals surface area contributed by atoms with Gasteiger partial charge >= 0.3 is 0 Å². The minimum atomic E-state index is 0.787. The van der Waals surface area contributed by atoms with Gasteiger partial charge < -0.3 is 11.5 Å². The van der Waals surface area contributed by atoms with Crippen molar-refractivity contribution in [1.82, 2.24) is 0 Å². The Kier molecular flexibility index (Phi) is 4.61. The number of anilines is 2. The molecule has 3 aromatic rings. The summed E-state index contributed by atoms with van der Waals surface area (Å²) in [6, 6.07) is 24.3. The van der Waals surface area contributed by atoms with Gasteiger partial charge in [-0.2, -0.15) is 0 Å². The van der Waals surface area contributed by atoms with Crippen molar-refractivity contribution in [2.45, 2.75) is 19.6 Å². The minimum Gasteiger partial charge on any atom is -0.399 e. The van der Waals surface area contributed by atoms with Gasteiger partial charge in [-0.15, -0.1) is 0 Å². The Hall–Kier alpha value is -2.04. The number of nitrogen functional groups attached to an aromatic ring is 2. The zero-order valence-electron chi connectivity index (χ0n) is 11.9. The summed E-state index contributed by atoms with van der Waals surface area (Å²) < 4.78 is 0. The van der Waals surface area contributed by atoms with Crippen LogP contribution in [0.25, 0.3) is 0 Å². The van der Waals surface area contributed by atoms with Gasteiger partial charge in [0.25, 0.3) is 0 Å². The van der Waals surface area contributed by atoms with Crippen LogP contribution in [0, 0.1) is 0 Å². The molecule has 2 nitrogen and oxygen atoms in total. The van der Waals surface area contributed by atoms with E-state index in [1.54, 1.807) is 23.5 Å². The van der Waals surface area contributed by atoms with Gasteiger partial charge in [0, 0.05) is 31.0 Å². The van der Waals surface area contributed by atoms with Crippen LogP contribution in [0.3, 0.4) is 0 Å². The monoisotopic (exact) mass is 324 g/mol. The third-order valence-corrected chi connectivity index (χ3v) is 4.95. The van der Waals surface area contributed by atoms with Crippen LogP contribution in [-0.4, -0.2) is 0 Å². The van der Waals surface area contributed by atoms with Gasteiger partial charge in [0.1, 0.15) is 0 Å². The third-order valence-electron chi connectivity index (χ3n) is 2.99. The van der Waals surface area contributed by atoms with Crippen molar-refractivity contribution < 1.29 is 0 Å². The smallest absolute Gasteiger partial charge is 0.0325 e. The molecular weight excluding hydrogens is 308 g/mol. The van der Waals surface area contributed by atoms with Crippen molar-refractivity contribution in [1.29, 1.82) is 0 Å². The molecule has 0 aliphatic rings. The van der Waals surface area contributed by atoms with Gasteiger partial charge in [-0.25, -0.2) is 0 Å². The van der Waals surface area contributed by atoms with E-state index in [9.17, 15) is 0 Å². The van der Waals surface area contributed by atoms with Crippen molar-refractivity contribution >= 4 is 34.9 Å². The molecule has 0 amide bonds. The van der Waals surface area contributed by atoms with Crippen LogP contribution in [0.5, 0.6) is 0 Å². The van der Waals surface area contributed by atoms with E-state index < -0.39 is 0 Å². The zero-order valence-corrected chi connectivity index (χ0v) is 13.5. The molecule has 4 N–H and O–H groups in total. The molecule has 4 heteroatoms. The largest absolute Gasteiger partial charge is 0.399 e. The number of hydrogen-bond acceptors (Lipinski definition) is 4. The van der Waals surface area contributed by atoms with Gasteiger partial charge in [-0.3, -0.25) is 0 Å². The Morgan fingerprint density at radius 2 is 0.864 bits per heavy atom. The Bertz CT molecular complexity index is 725. The van der Waals surface area contributed by atoms with Crippen LogP contribution in [-0.2, 0) is 0 Å². The predicted octanol–water partition coefficient (Wildman–Crippen LogP) is 5.15. The van der Waals surface area contributed by atoms with E-state index in [2.05, 4.69) is 36.4 Å². The maximum absolute atomic E-state index is 5.83. The molecule has 0 heterocycles. The Labute approximate surface area is 138 Å². The highest BCUT2D eigenvalue weighted by atomic mass is 32.2. The molecule has 0 saturated heterocycles. The quantitative estimate of drug-likeness (QED) is 0.651. The first-order valence-electron chi connectivity index (χ1n) is 6.86. The van der Waals surface area contributed by atoms with Crippen molar-refractivity contribution in [2.24, 2.45) is 0 Å². The highest BCUT2D eigenvalue weighted by molar-refractivity contribution is 8.00. The summed E-state index contributed by atoms with van der Waals surface area (Å²) in [5.41, 5.74) is 13.2. The van der Waals surface area contributed by atoms with E-state index in [1.165, 1.54) is 9.79 Å². The predicted molar refractivity (Wildman–Crippen MR) is 96.4 cm³/mol. The van der Waals surface area contributed by atoms with Crippen LogP contribution in [0.2, 0.25) is 0 Å². The van der Waals surface area contributed by atoms with E-state index in [1.807, 2.05) is 36.4 Å². The standard InChI is InChI=1S/C18H16N2S2/c19-13-4-1-6-15(10-13)21-17-8-3-9-18(12-17)22-16-7-2-5-14(20)11-16/h1-12H,19-20H2. The summed E-state index contributed by atoms with van der Waals surface area (Å²) in [6.07, 6.45) is 0. The molecule has 0 radical (unpaired) electrons. The summed E-state index contributed by atoms with van der Waals surface area (Å²) in [4.78, 5) is 4.68. The van der Waals surface area contributed by atoms with Crippen LogP contribution in [0.1, 0.15) is 0 Å². The summed E-state index contributed by atoms with van der Waals surface area (Å²) in [7, 11) is 0. The van der Waals surface area contributed by atoms with E-state index in [-0.39, 0.29) is 0 Å². The lowest BCUT2D eigenvalue weighted by atomic mass is 10.3. The normalized spacial score (nSPS) is 10.5. The number of hydrogen-bond donors (Lipinski definition) is 2. The van der Waals surface area contributed by atoms with Gasteiger partial charge in [0.2, 0.25) is 0 Å². The van der Waals surface area contributed by atoms with Gasteiger partial charge in [0.15, 0.2) is 0 Å². The molecule has 22 heavy (non-hydrogen) atoms. The Balaban J connectivity index is 1.78. The fraction of sp³-hybridized carbons (Fsp3) is 0. The highest BCUT2D eigenvalue weighted by Gasteiger charge is 2.02. The molecule has 0 bridgehead atoms. The van der Waals surface area contributed by atoms with Gasteiger partial charge in [-0.1, -0.05) is 41.7 Å². The second-order valence-electron chi connectivity index (χ2n) is 4.82. The molecule has 3 rings (SSSR count). The van der Waals surface area contributed by atoms with Gasteiger partial charge in [0.05, 0.1) is 0 Å². The number of rotatable bonds is 4. The van der Waals surface area contributed by atoms with E-state index in [0.29, 0.717) is 0 Å². The van der Waals surface area contributed by atoms with Crippen molar-refractivity contribution in [2.75, 3.05) is 11.5 Å². The van der Waals surface area contributed by atoms with Crippen LogP contribution < -0.4 is 11.5 Å². The average Bonchev–Trinajstić information content (AvgIpc) is 2.47. The lowest BCUT2D eigenvalue weighted by molar-refractivity contribution is 1.31. The lowest BCUT2D eigenvalue weighted by Gasteiger charge is -2.06. The highest BCUT2D eigenvalue weighted by Crippen LogP contribution is 2.34. The fourth-order valence-corrected chi connectivity index (χ4v) is 4.00. The molecule has 0 aliphatic carbocycles. The molecule has 0 aromatic heterocycles. The first-order valence-corrected chi connectivity index (χ1v) is 8.49. The number of nitrogens with two attached hydrogens (primary N) is 2. The van der Waals surface area contributed by atoms with Crippen LogP contribution in [0.15, 0.2) is 92.4 Å².